The van der Waals surface area contributed by atoms with E-state index in [1.165, 1.54) is 4.90 Å². The smallest absolute Gasteiger partial charge is 0.236 e. The number of nitrogens with two attached hydrogens (primary N) is 1. The molecule has 0 aliphatic heterocycles. The molecule has 0 saturated heterocycles. The van der Waals surface area contributed by atoms with Gasteiger partial charge >= 0.3 is 0 Å². The topological polar surface area (TPSA) is 80.5 Å². The fourth-order valence-electron chi connectivity index (χ4n) is 1.43. The highest BCUT2D eigenvalue weighted by Gasteiger charge is 2.21. The molecule has 0 aliphatic carbocycles. The first kappa shape index (κ1) is 18.0. The van der Waals surface area contributed by atoms with Crippen LogP contribution in [0.3, 0.4) is 0 Å². The van der Waals surface area contributed by atoms with Gasteiger partial charge in [-0.15, -0.1) is 12.4 Å². The summed E-state index contributed by atoms with van der Waals surface area (Å²) < 4.78 is 22.7. The van der Waals surface area contributed by atoms with Crippen molar-refractivity contribution in [3.8, 4) is 0 Å². The van der Waals surface area contributed by atoms with E-state index < -0.39 is 9.84 Å². The quantitative estimate of drug-likeness (QED) is 0.740. The standard InChI is InChI=1S/C9H20N2O3S.ClH/c1-4-11(9(12)6-10)8(3)7-15(13,14)5-2;/h8H,4-7,10H2,1-3H3;1H. The molecule has 7 heteroatoms. The second-order valence-electron chi connectivity index (χ2n) is 3.43. The van der Waals surface area contributed by atoms with Gasteiger partial charge in [0.15, 0.2) is 9.84 Å². The fraction of sp³-hybridized carbons (Fsp3) is 0.889. The lowest BCUT2D eigenvalue weighted by Gasteiger charge is -2.27. The highest BCUT2D eigenvalue weighted by Crippen LogP contribution is 2.03. The molecular weight excluding hydrogens is 252 g/mol. The predicted octanol–water partition coefficient (Wildman–Crippen LogP) is 0.0386. The molecule has 0 rings (SSSR count). The van der Waals surface area contributed by atoms with Gasteiger partial charge in [0, 0.05) is 18.3 Å². The summed E-state index contributed by atoms with van der Waals surface area (Å²) in [5, 5.41) is 0. The molecule has 0 aromatic rings. The first-order valence-corrected chi connectivity index (χ1v) is 6.90. The van der Waals surface area contributed by atoms with Crippen LogP contribution in [0.2, 0.25) is 0 Å². The summed E-state index contributed by atoms with van der Waals surface area (Å²) in [6.07, 6.45) is 0. The van der Waals surface area contributed by atoms with Crippen molar-refractivity contribution in [2.24, 2.45) is 5.73 Å². The van der Waals surface area contributed by atoms with E-state index in [1.54, 1.807) is 13.8 Å². The minimum Gasteiger partial charge on any atom is -0.338 e. The number of hydrogen-bond acceptors (Lipinski definition) is 4. The van der Waals surface area contributed by atoms with E-state index in [-0.39, 0.29) is 42.4 Å². The van der Waals surface area contributed by atoms with E-state index in [9.17, 15) is 13.2 Å². The van der Waals surface area contributed by atoms with Crippen LogP contribution in [-0.2, 0) is 14.6 Å². The molecule has 0 heterocycles. The molecule has 0 saturated carbocycles. The molecule has 2 N–H and O–H groups in total. The summed E-state index contributed by atoms with van der Waals surface area (Å²) in [6, 6.07) is -0.309. The Balaban J connectivity index is 0. The average molecular weight is 273 g/mol. The van der Waals surface area contributed by atoms with Crippen LogP contribution in [0.1, 0.15) is 20.8 Å². The lowest BCUT2D eigenvalue weighted by atomic mass is 10.3. The third-order valence-corrected chi connectivity index (χ3v) is 4.17. The van der Waals surface area contributed by atoms with E-state index in [0.717, 1.165) is 0 Å². The normalized spacial score (nSPS) is 12.8. The third-order valence-electron chi connectivity index (χ3n) is 2.30. The van der Waals surface area contributed by atoms with Gasteiger partial charge in [-0.1, -0.05) is 6.92 Å². The van der Waals surface area contributed by atoms with Crippen LogP contribution >= 0.6 is 12.4 Å². The van der Waals surface area contributed by atoms with Gasteiger partial charge in [-0.3, -0.25) is 4.79 Å². The number of halogens is 1. The maximum Gasteiger partial charge on any atom is 0.236 e. The van der Waals surface area contributed by atoms with E-state index in [1.807, 2.05) is 6.92 Å². The summed E-state index contributed by atoms with van der Waals surface area (Å²) in [5.41, 5.74) is 5.24. The van der Waals surface area contributed by atoms with Crippen LogP contribution in [0, 0.1) is 0 Å². The summed E-state index contributed by atoms with van der Waals surface area (Å²) in [7, 11) is -3.05. The highest BCUT2D eigenvalue weighted by molar-refractivity contribution is 7.91. The lowest BCUT2D eigenvalue weighted by molar-refractivity contribution is -0.130. The van der Waals surface area contributed by atoms with Gasteiger partial charge < -0.3 is 10.6 Å². The molecule has 1 unspecified atom stereocenters. The molecule has 98 valence electrons. The van der Waals surface area contributed by atoms with Crippen LogP contribution in [-0.4, -0.2) is 49.9 Å². The Labute approximate surface area is 104 Å². The number of hydrogen-bond donors (Lipinski definition) is 1. The zero-order chi connectivity index (χ0) is 12.1. The Hall–Kier alpha value is -0.330. The monoisotopic (exact) mass is 272 g/mol. The largest absolute Gasteiger partial charge is 0.338 e. The van der Waals surface area contributed by atoms with Crippen LogP contribution in [0.4, 0.5) is 0 Å². The molecule has 5 nitrogen and oxygen atoms in total. The van der Waals surface area contributed by atoms with Gasteiger partial charge in [0.25, 0.3) is 0 Å². The van der Waals surface area contributed by atoms with E-state index >= 15 is 0 Å². The number of rotatable bonds is 6. The zero-order valence-corrected chi connectivity index (χ0v) is 11.6. The second kappa shape index (κ2) is 7.86. The molecule has 1 atom stereocenters. The summed E-state index contributed by atoms with van der Waals surface area (Å²) in [6.45, 7) is 5.54. The number of carbonyl (C=O) groups is 1. The van der Waals surface area contributed by atoms with Crippen molar-refractivity contribution in [3.63, 3.8) is 0 Å². The van der Waals surface area contributed by atoms with Gasteiger partial charge in [-0.25, -0.2) is 8.42 Å². The predicted molar refractivity (Wildman–Crippen MR) is 67.5 cm³/mol. The summed E-state index contributed by atoms with van der Waals surface area (Å²) in [5.74, 6) is -0.106. The minimum atomic E-state index is -3.05. The second-order valence-corrected chi connectivity index (χ2v) is 5.83. The van der Waals surface area contributed by atoms with Crippen LogP contribution in [0.5, 0.6) is 0 Å². The molecular formula is C9H21ClN2O3S. The SMILES string of the molecule is CCN(C(=O)CN)C(C)CS(=O)(=O)CC.Cl. The number of sulfone groups is 1. The van der Waals surface area contributed by atoms with Crippen LogP contribution in [0.25, 0.3) is 0 Å². The molecule has 0 radical (unpaired) electrons. The number of amides is 1. The van der Waals surface area contributed by atoms with Gasteiger partial charge in [0.2, 0.25) is 5.91 Å². The Morgan fingerprint density at radius 1 is 1.38 bits per heavy atom. The van der Waals surface area contributed by atoms with Crippen molar-refractivity contribution in [1.29, 1.82) is 0 Å². The zero-order valence-electron chi connectivity index (χ0n) is 9.97. The van der Waals surface area contributed by atoms with Gasteiger partial charge in [0.1, 0.15) is 0 Å². The Bertz CT molecular complexity index is 306. The molecule has 1 amide bonds. The first-order valence-electron chi connectivity index (χ1n) is 5.07. The van der Waals surface area contributed by atoms with Gasteiger partial charge in [-0.05, 0) is 13.8 Å². The molecule has 0 bridgehead atoms. The number of carbonyl (C=O) groups excluding carboxylic acids is 1. The van der Waals surface area contributed by atoms with Gasteiger partial charge in [0.05, 0.1) is 12.3 Å². The molecule has 0 aromatic carbocycles. The Morgan fingerprint density at radius 2 is 1.88 bits per heavy atom. The van der Waals surface area contributed by atoms with E-state index in [4.69, 9.17) is 5.73 Å². The van der Waals surface area contributed by atoms with Gasteiger partial charge in [-0.2, -0.15) is 0 Å². The Kier molecular flexibility index (Phi) is 8.87. The van der Waals surface area contributed by atoms with Crippen LogP contribution in [0.15, 0.2) is 0 Å². The maximum atomic E-state index is 11.4. The molecule has 0 aliphatic rings. The molecule has 0 fully saturated rings. The van der Waals surface area contributed by atoms with Crippen molar-refractivity contribution < 1.29 is 13.2 Å². The summed E-state index contributed by atoms with van der Waals surface area (Å²) >= 11 is 0. The van der Waals surface area contributed by atoms with Crippen molar-refractivity contribution in [2.75, 3.05) is 24.6 Å². The number of likely N-dealkylation sites (N-methyl/N-ethyl adjacent to an activating group) is 1. The average Bonchev–Trinajstić information content (AvgIpc) is 2.17. The fourth-order valence-corrected chi connectivity index (χ4v) is 2.58. The molecule has 0 spiro atoms. The lowest BCUT2D eigenvalue weighted by Crippen LogP contribution is -2.45. The molecule has 0 aromatic heterocycles. The van der Waals surface area contributed by atoms with E-state index in [2.05, 4.69) is 0 Å². The van der Waals surface area contributed by atoms with Crippen molar-refractivity contribution in [3.05, 3.63) is 0 Å². The maximum absolute atomic E-state index is 11.4. The van der Waals surface area contributed by atoms with Crippen molar-refractivity contribution >= 4 is 28.2 Å². The number of nitrogens with zero attached hydrogens (tertiary/aromatic N) is 1. The van der Waals surface area contributed by atoms with E-state index in [0.29, 0.717) is 6.54 Å². The first-order chi connectivity index (χ1) is 6.87. The van der Waals surface area contributed by atoms with Crippen LogP contribution < -0.4 is 5.73 Å². The van der Waals surface area contributed by atoms with Crippen molar-refractivity contribution in [1.82, 2.24) is 4.90 Å². The van der Waals surface area contributed by atoms with Crippen molar-refractivity contribution in [2.45, 2.75) is 26.8 Å². The minimum absolute atomic E-state index is 0. The molecule has 16 heavy (non-hydrogen) atoms. The highest BCUT2D eigenvalue weighted by atomic mass is 35.5. The summed E-state index contributed by atoms with van der Waals surface area (Å²) in [4.78, 5) is 12.9. The third kappa shape index (κ3) is 5.67. The Morgan fingerprint density at radius 3 is 2.19 bits per heavy atom.